The van der Waals surface area contributed by atoms with E-state index in [0.717, 1.165) is 12.0 Å². The number of aryl methyl sites for hydroxylation is 1. The first-order valence-electron chi connectivity index (χ1n) is 5.39. The van der Waals surface area contributed by atoms with E-state index in [4.69, 9.17) is 5.73 Å². The van der Waals surface area contributed by atoms with Gasteiger partial charge in [-0.3, -0.25) is 4.79 Å². The number of carbonyl (C=O) groups is 1. The van der Waals surface area contributed by atoms with Crippen molar-refractivity contribution in [1.29, 1.82) is 0 Å². The van der Waals surface area contributed by atoms with Gasteiger partial charge in [0, 0.05) is 19.1 Å². The lowest BCUT2D eigenvalue weighted by atomic mass is 10.1. The molecule has 2 N–H and O–H groups in total. The summed E-state index contributed by atoms with van der Waals surface area (Å²) in [4.78, 5) is 13.6. The first kappa shape index (κ1) is 13.9. The molecule has 17 heavy (non-hydrogen) atoms. The van der Waals surface area contributed by atoms with E-state index in [1.807, 2.05) is 0 Å². The predicted molar refractivity (Wildman–Crippen MR) is 66.9 cm³/mol. The summed E-state index contributed by atoms with van der Waals surface area (Å²) in [6.07, 6.45) is 0.791. The molecule has 3 nitrogen and oxygen atoms in total. The summed E-state index contributed by atoms with van der Waals surface area (Å²) < 4.78 is 13.6. The largest absolute Gasteiger partial charge is 0.337 e. The van der Waals surface area contributed by atoms with Crippen LogP contribution < -0.4 is 5.73 Å². The van der Waals surface area contributed by atoms with E-state index < -0.39 is 5.82 Å². The van der Waals surface area contributed by atoms with E-state index in [-0.39, 0.29) is 29.9 Å². The Hall–Kier alpha value is -1.13. The number of likely N-dealkylation sites (tertiary alicyclic amines) is 1. The van der Waals surface area contributed by atoms with Crippen molar-refractivity contribution in [2.24, 2.45) is 5.73 Å². The average Bonchev–Trinajstić information content (AvgIpc) is 2.64. The van der Waals surface area contributed by atoms with Crippen molar-refractivity contribution in [2.45, 2.75) is 19.4 Å². The number of benzene rings is 1. The Labute approximate surface area is 106 Å². The molecule has 0 saturated carbocycles. The van der Waals surface area contributed by atoms with Gasteiger partial charge in [0.25, 0.3) is 5.91 Å². The van der Waals surface area contributed by atoms with Crippen LogP contribution in [0.15, 0.2) is 18.2 Å². The van der Waals surface area contributed by atoms with Gasteiger partial charge in [-0.25, -0.2) is 4.39 Å². The van der Waals surface area contributed by atoms with Gasteiger partial charge in [0.15, 0.2) is 0 Å². The smallest absolute Gasteiger partial charge is 0.256 e. The second-order valence-electron chi connectivity index (χ2n) is 4.28. The lowest BCUT2D eigenvalue weighted by molar-refractivity contribution is 0.0786. The third kappa shape index (κ3) is 2.96. The fourth-order valence-electron chi connectivity index (χ4n) is 1.94. The molecule has 1 saturated heterocycles. The summed E-state index contributed by atoms with van der Waals surface area (Å²) in [6, 6.07) is 4.68. The van der Waals surface area contributed by atoms with Crippen molar-refractivity contribution in [3.05, 3.63) is 35.1 Å². The van der Waals surface area contributed by atoms with Crippen LogP contribution in [0.3, 0.4) is 0 Å². The first-order valence-corrected chi connectivity index (χ1v) is 5.39. The zero-order chi connectivity index (χ0) is 11.7. The average molecular weight is 259 g/mol. The molecule has 0 bridgehead atoms. The molecule has 2 rings (SSSR count). The molecule has 1 aliphatic heterocycles. The summed E-state index contributed by atoms with van der Waals surface area (Å²) >= 11 is 0. The van der Waals surface area contributed by atoms with E-state index in [2.05, 4.69) is 0 Å². The highest BCUT2D eigenvalue weighted by Crippen LogP contribution is 2.16. The predicted octanol–water partition coefficient (Wildman–Crippen LogP) is 1.73. The molecule has 0 unspecified atom stereocenters. The Morgan fingerprint density at radius 1 is 1.53 bits per heavy atom. The van der Waals surface area contributed by atoms with Crippen molar-refractivity contribution in [1.82, 2.24) is 4.90 Å². The van der Waals surface area contributed by atoms with Gasteiger partial charge in [-0.15, -0.1) is 12.4 Å². The van der Waals surface area contributed by atoms with Crippen molar-refractivity contribution < 1.29 is 9.18 Å². The van der Waals surface area contributed by atoms with E-state index >= 15 is 0 Å². The molecule has 0 aliphatic carbocycles. The number of hydrogen-bond donors (Lipinski definition) is 1. The lowest BCUT2D eigenvalue weighted by Crippen LogP contribution is -2.32. The normalized spacial score (nSPS) is 19.0. The van der Waals surface area contributed by atoms with E-state index in [9.17, 15) is 9.18 Å². The zero-order valence-electron chi connectivity index (χ0n) is 9.65. The number of rotatable bonds is 1. The third-order valence-electron chi connectivity index (χ3n) is 2.87. The minimum Gasteiger partial charge on any atom is -0.337 e. The Balaban J connectivity index is 0.00000144. The van der Waals surface area contributed by atoms with Crippen molar-refractivity contribution in [3.8, 4) is 0 Å². The van der Waals surface area contributed by atoms with Crippen LogP contribution in [0.25, 0.3) is 0 Å². The molecule has 1 fully saturated rings. The maximum Gasteiger partial charge on any atom is 0.256 e. The molecule has 1 atom stereocenters. The number of amides is 1. The second-order valence-corrected chi connectivity index (χ2v) is 4.28. The highest BCUT2D eigenvalue weighted by molar-refractivity contribution is 5.94. The number of carbonyl (C=O) groups excluding carboxylic acids is 1. The standard InChI is InChI=1S/C12H15FN2O.ClH/c1-8-2-3-10(11(13)6-8)12(16)15-5-4-9(14)7-15;/h2-3,6,9H,4-5,7,14H2,1H3;1H/t9-;/m0./s1. The quantitative estimate of drug-likeness (QED) is 0.834. The Morgan fingerprint density at radius 3 is 2.76 bits per heavy atom. The lowest BCUT2D eigenvalue weighted by Gasteiger charge is -2.16. The van der Waals surface area contributed by atoms with Gasteiger partial charge in [-0.05, 0) is 31.0 Å². The van der Waals surface area contributed by atoms with Gasteiger partial charge in [-0.1, -0.05) is 6.07 Å². The topological polar surface area (TPSA) is 46.3 Å². The van der Waals surface area contributed by atoms with Gasteiger partial charge in [0.2, 0.25) is 0 Å². The molecule has 1 aromatic carbocycles. The fraction of sp³-hybridized carbons (Fsp3) is 0.417. The SMILES string of the molecule is Cc1ccc(C(=O)N2CC[C@H](N)C2)c(F)c1.Cl. The van der Waals surface area contributed by atoms with E-state index in [1.54, 1.807) is 17.9 Å². The van der Waals surface area contributed by atoms with Crippen LogP contribution in [0.2, 0.25) is 0 Å². The van der Waals surface area contributed by atoms with E-state index in [1.165, 1.54) is 12.1 Å². The molecular formula is C12H16ClFN2O. The molecule has 1 aliphatic rings. The third-order valence-corrected chi connectivity index (χ3v) is 2.87. The van der Waals surface area contributed by atoms with Crippen molar-refractivity contribution in [2.75, 3.05) is 13.1 Å². The molecule has 0 radical (unpaired) electrons. The number of nitrogens with two attached hydrogens (primary N) is 1. The van der Waals surface area contributed by atoms with Gasteiger partial charge < -0.3 is 10.6 Å². The Bertz CT molecular complexity index is 425. The van der Waals surface area contributed by atoms with Crippen LogP contribution >= 0.6 is 12.4 Å². The van der Waals surface area contributed by atoms with Gasteiger partial charge in [0.1, 0.15) is 5.82 Å². The molecule has 1 aromatic rings. The van der Waals surface area contributed by atoms with Crippen LogP contribution in [-0.4, -0.2) is 29.9 Å². The van der Waals surface area contributed by atoms with E-state index in [0.29, 0.717) is 13.1 Å². The van der Waals surface area contributed by atoms with Gasteiger partial charge in [-0.2, -0.15) is 0 Å². The maximum absolute atomic E-state index is 13.6. The highest BCUT2D eigenvalue weighted by Gasteiger charge is 2.26. The van der Waals surface area contributed by atoms with Crippen molar-refractivity contribution >= 4 is 18.3 Å². The second kappa shape index (κ2) is 5.47. The molecule has 0 spiro atoms. The Kier molecular flexibility index (Phi) is 4.48. The molecule has 0 aromatic heterocycles. The summed E-state index contributed by atoms with van der Waals surface area (Å²) in [6.45, 7) is 2.93. The monoisotopic (exact) mass is 258 g/mol. The van der Waals surface area contributed by atoms with Crippen LogP contribution in [0.5, 0.6) is 0 Å². The van der Waals surface area contributed by atoms with Gasteiger partial charge in [0.05, 0.1) is 5.56 Å². The van der Waals surface area contributed by atoms with Gasteiger partial charge >= 0.3 is 0 Å². The molecule has 1 amide bonds. The molecule has 94 valence electrons. The maximum atomic E-state index is 13.6. The molecule has 5 heteroatoms. The van der Waals surface area contributed by atoms with Crippen LogP contribution in [-0.2, 0) is 0 Å². The van der Waals surface area contributed by atoms with Crippen LogP contribution in [0, 0.1) is 12.7 Å². The summed E-state index contributed by atoms with van der Waals surface area (Å²) in [5.41, 5.74) is 6.67. The minimum absolute atomic E-state index is 0. The summed E-state index contributed by atoms with van der Waals surface area (Å²) in [7, 11) is 0. The van der Waals surface area contributed by atoms with Crippen LogP contribution in [0.4, 0.5) is 4.39 Å². The fourth-order valence-corrected chi connectivity index (χ4v) is 1.94. The van der Waals surface area contributed by atoms with Crippen molar-refractivity contribution in [3.63, 3.8) is 0 Å². The number of halogens is 2. The number of nitrogens with zero attached hydrogens (tertiary/aromatic N) is 1. The number of hydrogen-bond acceptors (Lipinski definition) is 2. The zero-order valence-corrected chi connectivity index (χ0v) is 10.5. The van der Waals surface area contributed by atoms with Crippen LogP contribution in [0.1, 0.15) is 22.3 Å². The molecular weight excluding hydrogens is 243 g/mol. The minimum atomic E-state index is -0.453. The first-order chi connectivity index (χ1) is 7.58. The Morgan fingerprint density at radius 2 is 2.24 bits per heavy atom. The summed E-state index contributed by atoms with van der Waals surface area (Å²) in [5, 5.41) is 0. The molecule has 1 heterocycles. The summed E-state index contributed by atoms with van der Waals surface area (Å²) in [5.74, 6) is -0.712. The highest BCUT2D eigenvalue weighted by atomic mass is 35.5.